The van der Waals surface area contributed by atoms with Gasteiger partial charge in [-0.1, -0.05) is 39.7 Å². The number of nitrogens with one attached hydrogen (secondary N) is 1. The van der Waals surface area contributed by atoms with Crippen LogP contribution in [0.15, 0.2) is 40.9 Å². The molecule has 0 aliphatic rings. The van der Waals surface area contributed by atoms with Gasteiger partial charge in [0.2, 0.25) is 0 Å². The Kier molecular flexibility index (Phi) is 4.95. The van der Waals surface area contributed by atoms with E-state index in [0.717, 1.165) is 32.1 Å². The lowest BCUT2D eigenvalue weighted by atomic mass is 10.1. The zero-order chi connectivity index (χ0) is 14.7. The molecule has 20 heavy (non-hydrogen) atoms. The predicted octanol–water partition coefficient (Wildman–Crippen LogP) is 5.59. The van der Waals surface area contributed by atoms with E-state index < -0.39 is 0 Å². The molecule has 1 N–H and O–H groups in total. The van der Waals surface area contributed by atoms with Gasteiger partial charge in [-0.2, -0.15) is 0 Å². The minimum atomic E-state index is 0.141. The van der Waals surface area contributed by atoms with Crippen LogP contribution in [0.4, 0.5) is 5.69 Å². The second-order valence-corrected chi connectivity index (χ2v) is 6.07. The summed E-state index contributed by atoms with van der Waals surface area (Å²) in [7, 11) is 1.68. The van der Waals surface area contributed by atoms with Gasteiger partial charge in [0.05, 0.1) is 12.8 Å². The summed E-state index contributed by atoms with van der Waals surface area (Å²) in [6.45, 7) is 4.16. The van der Waals surface area contributed by atoms with Crippen LogP contribution in [0.2, 0.25) is 5.02 Å². The fraction of sp³-hybridized carbons (Fsp3) is 0.250. The second-order valence-electron chi connectivity index (χ2n) is 4.72. The van der Waals surface area contributed by atoms with Crippen molar-refractivity contribution in [2.45, 2.75) is 19.9 Å². The zero-order valence-electron chi connectivity index (χ0n) is 11.7. The van der Waals surface area contributed by atoms with E-state index in [1.54, 1.807) is 7.11 Å². The summed E-state index contributed by atoms with van der Waals surface area (Å²) in [5.74, 6) is 0.825. The Hall–Kier alpha value is -1.19. The fourth-order valence-corrected chi connectivity index (χ4v) is 2.88. The second kappa shape index (κ2) is 6.51. The van der Waals surface area contributed by atoms with Gasteiger partial charge in [-0.3, -0.25) is 0 Å². The van der Waals surface area contributed by atoms with Gasteiger partial charge in [0.15, 0.2) is 0 Å². The van der Waals surface area contributed by atoms with Crippen LogP contribution in [0.1, 0.15) is 24.1 Å². The fourth-order valence-electron chi connectivity index (χ4n) is 2.13. The van der Waals surface area contributed by atoms with E-state index in [0.29, 0.717) is 0 Å². The molecule has 0 aromatic heterocycles. The van der Waals surface area contributed by atoms with E-state index in [1.807, 2.05) is 24.3 Å². The van der Waals surface area contributed by atoms with Crippen LogP contribution in [0.5, 0.6) is 5.75 Å². The first-order valence-electron chi connectivity index (χ1n) is 6.37. The van der Waals surface area contributed by atoms with Crippen LogP contribution < -0.4 is 10.1 Å². The number of aryl methyl sites for hydroxylation is 1. The summed E-state index contributed by atoms with van der Waals surface area (Å²) in [5, 5.41) is 4.24. The molecule has 0 fully saturated rings. The molecule has 0 amide bonds. The van der Waals surface area contributed by atoms with E-state index in [-0.39, 0.29) is 6.04 Å². The largest absolute Gasteiger partial charge is 0.495 e. The summed E-state index contributed by atoms with van der Waals surface area (Å²) in [6.07, 6.45) is 0. The van der Waals surface area contributed by atoms with Crippen molar-refractivity contribution >= 4 is 33.2 Å². The normalized spacial score (nSPS) is 12.1. The number of hydrogen-bond donors (Lipinski definition) is 1. The molecule has 0 saturated carbocycles. The van der Waals surface area contributed by atoms with Crippen molar-refractivity contribution in [2.24, 2.45) is 0 Å². The lowest BCUT2D eigenvalue weighted by molar-refractivity contribution is 0.415. The first-order valence-corrected chi connectivity index (χ1v) is 7.54. The SMILES string of the molecule is COc1cc(Br)cc(C)c1NC(C)c1cccc(Cl)c1. The monoisotopic (exact) mass is 353 g/mol. The van der Waals surface area contributed by atoms with Crippen LogP contribution in [0, 0.1) is 6.92 Å². The molecule has 0 aliphatic heterocycles. The van der Waals surface area contributed by atoms with Crippen LogP contribution in [0.25, 0.3) is 0 Å². The van der Waals surface area contributed by atoms with E-state index in [1.165, 1.54) is 0 Å². The highest BCUT2D eigenvalue weighted by molar-refractivity contribution is 9.10. The molecule has 4 heteroatoms. The summed E-state index contributed by atoms with van der Waals surface area (Å²) in [5.41, 5.74) is 3.27. The molecule has 106 valence electrons. The first-order chi connectivity index (χ1) is 9.51. The number of rotatable bonds is 4. The van der Waals surface area contributed by atoms with Gasteiger partial charge in [-0.05, 0) is 49.2 Å². The summed E-state index contributed by atoms with van der Waals surface area (Å²) in [4.78, 5) is 0. The molecular weight excluding hydrogens is 338 g/mol. The van der Waals surface area contributed by atoms with Crippen LogP contribution in [-0.2, 0) is 0 Å². The molecule has 2 rings (SSSR count). The minimum Gasteiger partial charge on any atom is -0.495 e. The molecule has 0 radical (unpaired) electrons. The third kappa shape index (κ3) is 3.47. The molecule has 0 bridgehead atoms. The van der Waals surface area contributed by atoms with Gasteiger partial charge in [-0.25, -0.2) is 0 Å². The van der Waals surface area contributed by atoms with Crippen molar-refractivity contribution in [3.63, 3.8) is 0 Å². The number of benzene rings is 2. The lowest BCUT2D eigenvalue weighted by Crippen LogP contribution is -2.09. The Balaban J connectivity index is 2.30. The lowest BCUT2D eigenvalue weighted by Gasteiger charge is -2.20. The molecule has 0 saturated heterocycles. The third-order valence-corrected chi connectivity index (χ3v) is 3.89. The Bertz CT molecular complexity index is 615. The molecule has 1 atom stereocenters. The van der Waals surface area contributed by atoms with Gasteiger partial charge in [0.25, 0.3) is 0 Å². The van der Waals surface area contributed by atoms with Crippen LogP contribution in [-0.4, -0.2) is 7.11 Å². The molecule has 2 nitrogen and oxygen atoms in total. The van der Waals surface area contributed by atoms with Crippen LogP contribution >= 0.6 is 27.5 Å². The smallest absolute Gasteiger partial charge is 0.143 e. The van der Waals surface area contributed by atoms with Gasteiger partial charge in [-0.15, -0.1) is 0 Å². The van der Waals surface area contributed by atoms with Crippen LogP contribution in [0.3, 0.4) is 0 Å². The summed E-state index contributed by atoms with van der Waals surface area (Å²) >= 11 is 9.53. The highest BCUT2D eigenvalue weighted by Crippen LogP contribution is 2.34. The maximum Gasteiger partial charge on any atom is 0.143 e. The zero-order valence-corrected chi connectivity index (χ0v) is 14.0. The maximum absolute atomic E-state index is 6.04. The van der Waals surface area contributed by atoms with Crippen molar-refractivity contribution in [3.05, 3.63) is 57.0 Å². The van der Waals surface area contributed by atoms with E-state index >= 15 is 0 Å². The number of halogens is 2. The van der Waals surface area contributed by atoms with Gasteiger partial charge in [0, 0.05) is 15.5 Å². The van der Waals surface area contributed by atoms with Gasteiger partial charge in [0.1, 0.15) is 5.75 Å². The molecule has 0 spiro atoms. The molecule has 2 aromatic carbocycles. The molecule has 0 heterocycles. The van der Waals surface area contributed by atoms with E-state index in [9.17, 15) is 0 Å². The Morgan fingerprint density at radius 1 is 1.25 bits per heavy atom. The van der Waals surface area contributed by atoms with Crippen molar-refractivity contribution in [3.8, 4) is 5.75 Å². The average molecular weight is 355 g/mol. The van der Waals surface area contributed by atoms with Crippen molar-refractivity contribution in [2.75, 3.05) is 12.4 Å². The van der Waals surface area contributed by atoms with Crippen molar-refractivity contribution in [1.29, 1.82) is 0 Å². The third-order valence-electron chi connectivity index (χ3n) is 3.19. The Morgan fingerprint density at radius 2 is 2.00 bits per heavy atom. The molecule has 2 aromatic rings. The van der Waals surface area contributed by atoms with Crippen molar-refractivity contribution < 1.29 is 4.74 Å². The van der Waals surface area contributed by atoms with Crippen molar-refractivity contribution in [1.82, 2.24) is 0 Å². The van der Waals surface area contributed by atoms with E-state index in [2.05, 4.69) is 47.2 Å². The number of hydrogen-bond acceptors (Lipinski definition) is 2. The van der Waals surface area contributed by atoms with Gasteiger partial charge < -0.3 is 10.1 Å². The highest BCUT2D eigenvalue weighted by atomic mass is 79.9. The Morgan fingerprint density at radius 3 is 2.65 bits per heavy atom. The van der Waals surface area contributed by atoms with E-state index in [4.69, 9.17) is 16.3 Å². The summed E-state index contributed by atoms with van der Waals surface area (Å²) in [6, 6.07) is 12.0. The van der Waals surface area contributed by atoms with Gasteiger partial charge >= 0.3 is 0 Å². The number of methoxy groups -OCH3 is 1. The highest BCUT2D eigenvalue weighted by Gasteiger charge is 2.12. The predicted molar refractivity (Wildman–Crippen MR) is 88.9 cm³/mol. The summed E-state index contributed by atoms with van der Waals surface area (Å²) < 4.78 is 6.46. The quantitative estimate of drug-likeness (QED) is 0.772. The Labute approximate surface area is 133 Å². The topological polar surface area (TPSA) is 21.3 Å². The molecule has 1 unspecified atom stereocenters. The standard InChI is InChI=1S/C16H17BrClNO/c1-10-7-13(17)9-15(20-3)16(10)19-11(2)12-5-4-6-14(18)8-12/h4-9,11,19H,1-3H3. The minimum absolute atomic E-state index is 0.141. The molecule has 0 aliphatic carbocycles. The number of ether oxygens (including phenoxy) is 1. The first kappa shape index (κ1) is 15.2. The average Bonchev–Trinajstić information content (AvgIpc) is 2.41. The maximum atomic E-state index is 6.04. The molecular formula is C16H17BrClNO. The number of anilines is 1.